The molecule has 1 aromatic carbocycles. The van der Waals surface area contributed by atoms with Crippen LogP contribution in [0.4, 0.5) is 5.82 Å². The normalized spacial score (nSPS) is 22.5. The zero-order chi connectivity index (χ0) is 17.7. The number of sulfonamides is 1. The predicted octanol–water partition coefficient (Wildman–Crippen LogP) is 2.94. The van der Waals surface area contributed by atoms with Gasteiger partial charge in [0, 0.05) is 29.5 Å². The van der Waals surface area contributed by atoms with Crippen molar-refractivity contribution < 1.29 is 8.42 Å². The third-order valence-electron chi connectivity index (χ3n) is 5.18. The Labute approximate surface area is 156 Å². The number of pyridine rings is 1. The minimum absolute atomic E-state index is 0.360. The molecule has 1 aliphatic heterocycles. The van der Waals surface area contributed by atoms with E-state index in [0.717, 1.165) is 21.6 Å². The minimum atomic E-state index is -3.40. The summed E-state index contributed by atoms with van der Waals surface area (Å²) in [4.78, 5) is 6.07. The summed E-state index contributed by atoms with van der Waals surface area (Å²) in [5, 5.41) is 4.10. The van der Waals surface area contributed by atoms with Crippen LogP contribution in [0.5, 0.6) is 0 Å². The molecule has 0 spiro atoms. The highest BCUT2D eigenvalue weighted by atomic mass is 32.2. The second kappa shape index (κ2) is 6.00. The molecule has 2 aromatic heterocycles. The highest BCUT2D eigenvalue weighted by Crippen LogP contribution is 2.46. The standard InChI is InChI=1S/C18H18N4O2S2/c23-26(24,22-10-13-7-14(13)11-22)16-2-3-17-12(8-16)1-4-18(21-17)19-9-15-5-6-20-25-15/h1-6,8,13-14H,7,9-11H2,(H,19,21). The average Bonchev–Trinajstić information content (AvgIpc) is 3.04. The van der Waals surface area contributed by atoms with Gasteiger partial charge in [-0.15, -0.1) is 0 Å². The van der Waals surface area contributed by atoms with Gasteiger partial charge in [-0.3, -0.25) is 0 Å². The van der Waals surface area contributed by atoms with Gasteiger partial charge in [0.05, 0.1) is 17.0 Å². The summed E-state index contributed by atoms with van der Waals surface area (Å²) in [5.74, 6) is 1.93. The van der Waals surface area contributed by atoms with Gasteiger partial charge in [0.1, 0.15) is 5.82 Å². The average molecular weight is 387 g/mol. The highest BCUT2D eigenvalue weighted by Gasteiger charge is 2.48. The zero-order valence-corrected chi connectivity index (χ0v) is 15.6. The van der Waals surface area contributed by atoms with E-state index in [4.69, 9.17) is 0 Å². The van der Waals surface area contributed by atoms with E-state index in [0.29, 0.717) is 36.4 Å². The van der Waals surface area contributed by atoms with Gasteiger partial charge in [0.15, 0.2) is 0 Å². The van der Waals surface area contributed by atoms with Crippen molar-refractivity contribution in [3.05, 3.63) is 47.5 Å². The molecule has 6 nitrogen and oxygen atoms in total. The van der Waals surface area contributed by atoms with Crippen molar-refractivity contribution in [2.45, 2.75) is 17.9 Å². The summed E-state index contributed by atoms with van der Waals surface area (Å²) in [6.45, 7) is 2.01. The maximum Gasteiger partial charge on any atom is 0.243 e. The molecule has 134 valence electrons. The van der Waals surface area contributed by atoms with E-state index in [1.165, 1.54) is 18.0 Å². The van der Waals surface area contributed by atoms with Crippen molar-refractivity contribution in [1.29, 1.82) is 0 Å². The number of benzene rings is 1. The van der Waals surface area contributed by atoms with E-state index in [2.05, 4.69) is 14.7 Å². The summed E-state index contributed by atoms with van der Waals surface area (Å²) in [6, 6.07) is 11.0. The molecule has 0 bridgehead atoms. The Morgan fingerprint density at radius 3 is 2.77 bits per heavy atom. The molecule has 1 saturated carbocycles. The summed E-state index contributed by atoms with van der Waals surface area (Å²) in [6.07, 6.45) is 2.96. The Balaban J connectivity index is 1.38. The largest absolute Gasteiger partial charge is 0.365 e. The molecule has 2 unspecified atom stereocenters. The van der Waals surface area contributed by atoms with Gasteiger partial charge < -0.3 is 5.32 Å². The lowest BCUT2D eigenvalue weighted by atomic mass is 10.2. The molecule has 1 saturated heterocycles. The Hall–Kier alpha value is -2.03. The molecule has 0 amide bonds. The van der Waals surface area contributed by atoms with Crippen molar-refractivity contribution in [3.8, 4) is 0 Å². The van der Waals surface area contributed by atoms with E-state index in [-0.39, 0.29) is 0 Å². The van der Waals surface area contributed by atoms with Crippen LogP contribution in [0.25, 0.3) is 10.9 Å². The molecule has 3 heterocycles. The molecule has 2 atom stereocenters. The smallest absolute Gasteiger partial charge is 0.243 e. The quantitative estimate of drug-likeness (QED) is 0.730. The monoisotopic (exact) mass is 386 g/mol. The van der Waals surface area contributed by atoms with Crippen LogP contribution in [0.15, 0.2) is 47.5 Å². The number of nitrogens with zero attached hydrogens (tertiary/aromatic N) is 3. The van der Waals surface area contributed by atoms with Crippen LogP contribution in [0, 0.1) is 11.8 Å². The first-order valence-corrected chi connectivity index (χ1v) is 10.9. The summed E-state index contributed by atoms with van der Waals surface area (Å²) in [7, 11) is -3.40. The van der Waals surface area contributed by atoms with Gasteiger partial charge in [-0.25, -0.2) is 17.8 Å². The minimum Gasteiger partial charge on any atom is -0.365 e. The molecule has 1 aliphatic carbocycles. The second-order valence-corrected chi connectivity index (χ2v) is 9.82. The molecule has 8 heteroatoms. The number of fused-ring (bicyclic) bond motifs is 2. The molecular formula is C18H18N4O2S2. The van der Waals surface area contributed by atoms with Crippen LogP contribution >= 0.6 is 11.5 Å². The Morgan fingerprint density at radius 2 is 2.00 bits per heavy atom. The van der Waals surface area contributed by atoms with Crippen LogP contribution in [0.1, 0.15) is 11.3 Å². The third kappa shape index (κ3) is 2.87. The number of anilines is 1. The molecule has 5 rings (SSSR count). The number of rotatable bonds is 5. The fourth-order valence-electron chi connectivity index (χ4n) is 3.57. The van der Waals surface area contributed by atoms with Gasteiger partial charge in [-0.05, 0) is 66.2 Å². The Bertz CT molecular complexity index is 1060. The summed E-state index contributed by atoms with van der Waals surface area (Å²) >= 11 is 1.45. The SMILES string of the molecule is O=S(=O)(c1ccc2nc(NCc3ccns3)ccc2c1)N1CC2CC2C1. The Kier molecular flexibility index (Phi) is 3.73. The van der Waals surface area contributed by atoms with E-state index in [1.807, 2.05) is 18.2 Å². The van der Waals surface area contributed by atoms with Crippen LogP contribution in [0.3, 0.4) is 0 Å². The molecule has 3 aromatic rings. The molecule has 0 radical (unpaired) electrons. The van der Waals surface area contributed by atoms with Crippen LogP contribution in [-0.2, 0) is 16.6 Å². The maximum atomic E-state index is 12.8. The summed E-state index contributed by atoms with van der Waals surface area (Å²) in [5.41, 5.74) is 0.780. The van der Waals surface area contributed by atoms with Crippen molar-refractivity contribution in [2.24, 2.45) is 11.8 Å². The van der Waals surface area contributed by atoms with E-state index < -0.39 is 10.0 Å². The van der Waals surface area contributed by atoms with Gasteiger partial charge >= 0.3 is 0 Å². The third-order valence-corrected chi connectivity index (χ3v) is 7.75. The van der Waals surface area contributed by atoms with Crippen LogP contribution < -0.4 is 5.32 Å². The van der Waals surface area contributed by atoms with Gasteiger partial charge in [-0.1, -0.05) is 0 Å². The first-order chi connectivity index (χ1) is 12.6. The van der Waals surface area contributed by atoms with E-state index in [9.17, 15) is 8.42 Å². The number of nitrogens with one attached hydrogen (secondary N) is 1. The second-order valence-electron chi connectivity index (χ2n) is 6.96. The molecule has 2 fully saturated rings. The van der Waals surface area contributed by atoms with E-state index >= 15 is 0 Å². The first kappa shape index (κ1) is 16.2. The number of hydrogen-bond acceptors (Lipinski definition) is 6. The lowest BCUT2D eigenvalue weighted by molar-refractivity contribution is 0.443. The van der Waals surface area contributed by atoms with Gasteiger partial charge in [0.2, 0.25) is 10.0 Å². The van der Waals surface area contributed by atoms with Crippen LogP contribution in [-0.4, -0.2) is 35.2 Å². The first-order valence-electron chi connectivity index (χ1n) is 8.64. The Morgan fingerprint density at radius 1 is 1.15 bits per heavy atom. The predicted molar refractivity (Wildman–Crippen MR) is 102 cm³/mol. The summed E-state index contributed by atoms with van der Waals surface area (Å²) < 4.78 is 31.4. The number of hydrogen-bond donors (Lipinski definition) is 1. The maximum absolute atomic E-state index is 12.8. The van der Waals surface area contributed by atoms with Crippen molar-refractivity contribution in [3.63, 3.8) is 0 Å². The number of piperidine rings is 1. The molecule has 26 heavy (non-hydrogen) atoms. The number of aromatic nitrogens is 2. The van der Waals surface area contributed by atoms with Crippen molar-refractivity contribution in [1.82, 2.24) is 13.7 Å². The lowest BCUT2D eigenvalue weighted by Crippen LogP contribution is -2.30. The molecule has 1 N–H and O–H groups in total. The van der Waals surface area contributed by atoms with Crippen molar-refractivity contribution >= 4 is 38.3 Å². The molecule has 2 aliphatic rings. The lowest BCUT2D eigenvalue weighted by Gasteiger charge is -2.18. The van der Waals surface area contributed by atoms with Crippen LogP contribution in [0.2, 0.25) is 0 Å². The molecular weight excluding hydrogens is 368 g/mol. The van der Waals surface area contributed by atoms with Gasteiger partial charge in [0.25, 0.3) is 0 Å². The topological polar surface area (TPSA) is 75.2 Å². The van der Waals surface area contributed by atoms with Gasteiger partial charge in [-0.2, -0.15) is 4.31 Å². The highest BCUT2D eigenvalue weighted by molar-refractivity contribution is 7.89. The zero-order valence-electron chi connectivity index (χ0n) is 14.0. The fourth-order valence-corrected chi connectivity index (χ4v) is 5.68. The van der Waals surface area contributed by atoms with E-state index in [1.54, 1.807) is 28.7 Å². The van der Waals surface area contributed by atoms with Crippen molar-refractivity contribution in [2.75, 3.05) is 18.4 Å². The fraction of sp³-hybridized carbons (Fsp3) is 0.333.